The van der Waals surface area contributed by atoms with Crippen LogP contribution < -0.4 is 0 Å². The fourth-order valence-electron chi connectivity index (χ4n) is 0.950. The molecule has 0 spiro atoms. The van der Waals surface area contributed by atoms with Crippen LogP contribution in [-0.4, -0.2) is 23.8 Å². The van der Waals surface area contributed by atoms with Gasteiger partial charge in [0.1, 0.15) is 0 Å². The highest BCUT2D eigenvalue weighted by Crippen LogP contribution is 2.17. The van der Waals surface area contributed by atoms with Gasteiger partial charge in [-0.05, 0) is 13.3 Å². The number of carbonyl (C=O) groups excluding carboxylic acids is 1. The highest BCUT2D eigenvalue weighted by Gasteiger charge is 2.30. The molecule has 1 aliphatic heterocycles. The van der Waals surface area contributed by atoms with Gasteiger partial charge in [-0.3, -0.25) is 4.79 Å². The third kappa shape index (κ3) is 1.21. The Bertz CT molecular complexity index is 119. The van der Waals surface area contributed by atoms with Crippen LogP contribution in [0.25, 0.3) is 0 Å². The monoisotopic (exact) mass is 130 g/mol. The fourth-order valence-corrected chi connectivity index (χ4v) is 0.950. The molecule has 1 aliphatic rings. The van der Waals surface area contributed by atoms with Gasteiger partial charge in [0.05, 0.1) is 18.6 Å². The van der Waals surface area contributed by atoms with Crippen molar-refractivity contribution in [2.45, 2.75) is 19.4 Å². The number of ether oxygens (including phenoxy) is 1. The first kappa shape index (κ1) is 6.55. The highest BCUT2D eigenvalue weighted by atomic mass is 16.5. The summed E-state index contributed by atoms with van der Waals surface area (Å²) < 4.78 is 4.63. The van der Waals surface area contributed by atoms with E-state index in [1.807, 2.05) is 0 Å². The zero-order chi connectivity index (χ0) is 6.85. The van der Waals surface area contributed by atoms with Crippen LogP contribution in [0.4, 0.5) is 0 Å². The number of esters is 1. The maximum absolute atomic E-state index is 10.6. The Balaban J connectivity index is 2.49. The predicted octanol–water partition coefficient (Wildman–Crippen LogP) is -0.0697. The summed E-state index contributed by atoms with van der Waals surface area (Å²) in [4.78, 5) is 10.6. The van der Waals surface area contributed by atoms with Gasteiger partial charge in [0.15, 0.2) is 0 Å². The second-order valence-electron chi connectivity index (χ2n) is 2.30. The Kier molecular flexibility index (Phi) is 1.71. The Morgan fingerprint density at radius 3 is 2.78 bits per heavy atom. The molecule has 0 unspecified atom stereocenters. The zero-order valence-electron chi connectivity index (χ0n) is 5.33. The summed E-state index contributed by atoms with van der Waals surface area (Å²) in [5.74, 6) is -0.532. The SMILES string of the molecule is C[C@@H](O)[C@@H]1CCOC1=O. The number of aliphatic hydroxyl groups is 1. The molecule has 1 fully saturated rings. The molecule has 0 aromatic carbocycles. The number of hydrogen-bond acceptors (Lipinski definition) is 3. The van der Waals surface area contributed by atoms with Crippen LogP contribution in [-0.2, 0) is 9.53 Å². The van der Waals surface area contributed by atoms with Crippen LogP contribution >= 0.6 is 0 Å². The average Bonchev–Trinajstić information content (AvgIpc) is 2.13. The molecule has 0 bridgehead atoms. The van der Waals surface area contributed by atoms with E-state index in [2.05, 4.69) is 4.74 Å². The lowest BCUT2D eigenvalue weighted by Crippen LogP contribution is -2.20. The molecule has 0 radical (unpaired) electrons. The van der Waals surface area contributed by atoms with E-state index in [4.69, 9.17) is 5.11 Å². The molecular weight excluding hydrogens is 120 g/mol. The molecule has 9 heavy (non-hydrogen) atoms. The van der Waals surface area contributed by atoms with E-state index in [9.17, 15) is 4.79 Å². The van der Waals surface area contributed by atoms with Gasteiger partial charge in [-0.1, -0.05) is 0 Å². The van der Waals surface area contributed by atoms with Crippen LogP contribution in [0.3, 0.4) is 0 Å². The van der Waals surface area contributed by atoms with E-state index in [1.165, 1.54) is 0 Å². The molecule has 1 saturated heterocycles. The van der Waals surface area contributed by atoms with E-state index in [-0.39, 0.29) is 11.9 Å². The summed E-state index contributed by atoms with van der Waals surface area (Å²) in [5.41, 5.74) is 0. The average molecular weight is 130 g/mol. The summed E-state index contributed by atoms with van der Waals surface area (Å²) in [5, 5.41) is 8.92. The minimum atomic E-state index is -0.556. The summed E-state index contributed by atoms with van der Waals surface area (Å²) in [6.07, 6.45) is 0.108. The van der Waals surface area contributed by atoms with Gasteiger partial charge in [-0.25, -0.2) is 0 Å². The van der Waals surface area contributed by atoms with Crippen LogP contribution in [0.1, 0.15) is 13.3 Å². The van der Waals surface area contributed by atoms with Crippen LogP contribution in [0.15, 0.2) is 0 Å². The molecule has 0 saturated carbocycles. The van der Waals surface area contributed by atoms with Gasteiger partial charge in [0, 0.05) is 0 Å². The lowest BCUT2D eigenvalue weighted by atomic mass is 10.0. The normalized spacial score (nSPS) is 30.0. The molecule has 0 aromatic heterocycles. The van der Waals surface area contributed by atoms with Crippen molar-refractivity contribution >= 4 is 5.97 Å². The van der Waals surface area contributed by atoms with E-state index in [1.54, 1.807) is 6.92 Å². The van der Waals surface area contributed by atoms with E-state index in [0.29, 0.717) is 13.0 Å². The van der Waals surface area contributed by atoms with Crippen LogP contribution in [0, 0.1) is 5.92 Å². The Morgan fingerprint density at radius 2 is 2.56 bits per heavy atom. The molecule has 0 amide bonds. The first-order chi connectivity index (χ1) is 4.22. The molecule has 2 atom stereocenters. The van der Waals surface area contributed by atoms with Gasteiger partial charge in [-0.15, -0.1) is 0 Å². The molecule has 52 valence electrons. The van der Waals surface area contributed by atoms with Crippen molar-refractivity contribution in [3.63, 3.8) is 0 Å². The molecule has 0 aromatic rings. The standard InChI is InChI=1S/C6H10O3/c1-4(7)5-2-3-9-6(5)8/h4-5,7H,2-3H2,1H3/t4-,5+/m1/s1. The van der Waals surface area contributed by atoms with Crippen molar-refractivity contribution < 1.29 is 14.6 Å². The van der Waals surface area contributed by atoms with Gasteiger partial charge < -0.3 is 9.84 Å². The smallest absolute Gasteiger partial charge is 0.311 e. The first-order valence-electron chi connectivity index (χ1n) is 3.06. The number of hydrogen-bond donors (Lipinski definition) is 1. The Morgan fingerprint density at radius 1 is 1.89 bits per heavy atom. The van der Waals surface area contributed by atoms with Gasteiger partial charge in [0.25, 0.3) is 0 Å². The molecule has 1 rings (SSSR count). The number of rotatable bonds is 1. The molecule has 0 aliphatic carbocycles. The van der Waals surface area contributed by atoms with Gasteiger partial charge in [0.2, 0.25) is 0 Å². The molecular formula is C6H10O3. The van der Waals surface area contributed by atoms with Crippen LogP contribution in [0.2, 0.25) is 0 Å². The number of aliphatic hydroxyl groups excluding tert-OH is 1. The molecule has 1 heterocycles. The summed E-state index contributed by atoms with van der Waals surface area (Å²) in [6, 6.07) is 0. The quantitative estimate of drug-likeness (QED) is 0.505. The minimum absolute atomic E-state index is 0.259. The van der Waals surface area contributed by atoms with Crippen molar-refractivity contribution in [1.29, 1.82) is 0 Å². The van der Waals surface area contributed by atoms with E-state index in [0.717, 1.165) is 0 Å². The van der Waals surface area contributed by atoms with E-state index < -0.39 is 6.10 Å². The summed E-state index contributed by atoms with van der Waals surface area (Å²) in [6.45, 7) is 2.08. The van der Waals surface area contributed by atoms with Crippen molar-refractivity contribution in [1.82, 2.24) is 0 Å². The highest BCUT2D eigenvalue weighted by molar-refractivity contribution is 5.74. The Hall–Kier alpha value is -0.570. The zero-order valence-corrected chi connectivity index (χ0v) is 5.33. The largest absolute Gasteiger partial charge is 0.465 e. The summed E-state index contributed by atoms with van der Waals surface area (Å²) >= 11 is 0. The van der Waals surface area contributed by atoms with Gasteiger partial charge in [-0.2, -0.15) is 0 Å². The van der Waals surface area contributed by atoms with Crippen molar-refractivity contribution in [2.75, 3.05) is 6.61 Å². The lowest BCUT2D eigenvalue weighted by Gasteiger charge is -2.06. The van der Waals surface area contributed by atoms with Crippen molar-refractivity contribution in [3.05, 3.63) is 0 Å². The maximum atomic E-state index is 10.6. The van der Waals surface area contributed by atoms with Crippen LogP contribution in [0.5, 0.6) is 0 Å². The molecule has 1 N–H and O–H groups in total. The fraction of sp³-hybridized carbons (Fsp3) is 0.833. The number of cyclic esters (lactones) is 1. The van der Waals surface area contributed by atoms with Crippen molar-refractivity contribution in [2.24, 2.45) is 5.92 Å². The first-order valence-corrected chi connectivity index (χ1v) is 3.06. The third-order valence-corrected chi connectivity index (χ3v) is 1.56. The predicted molar refractivity (Wildman–Crippen MR) is 30.7 cm³/mol. The number of carbonyl (C=O) groups is 1. The Labute approximate surface area is 53.6 Å². The van der Waals surface area contributed by atoms with Crippen molar-refractivity contribution in [3.8, 4) is 0 Å². The maximum Gasteiger partial charge on any atom is 0.311 e. The topological polar surface area (TPSA) is 46.5 Å². The minimum Gasteiger partial charge on any atom is -0.465 e. The van der Waals surface area contributed by atoms with Gasteiger partial charge >= 0.3 is 5.97 Å². The second kappa shape index (κ2) is 2.35. The summed E-state index contributed by atoms with van der Waals surface area (Å²) in [7, 11) is 0. The second-order valence-corrected chi connectivity index (χ2v) is 2.30. The van der Waals surface area contributed by atoms with E-state index >= 15 is 0 Å². The lowest BCUT2D eigenvalue weighted by molar-refractivity contribution is -0.143. The molecule has 3 nitrogen and oxygen atoms in total. The molecule has 3 heteroatoms. The third-order valence-electron chi connectivity index (χ3n) is 1.56.